The third-order valence-electron chi connectivity index (χ3n) is 4.94. The van der Waals surface area contributed by atoms with E-state index in [2.05, 4.69) is 14.9 Å². The Bertz CT molecular complexity index is 935. The van der Waals surface area contributed by atoms with Gasteiger partial charge in [0.15, 0.2) is 6.61 Å². The Morgan fingerprint density at radius 2 is 1.18 bits per heavy atom. The van der Waals surface area contributed by atoms with Gasteiger partial charge in [0, 0.05) is 76.1 Å². The van der Waals surface area contributed by atoms with E-state index in [1.54, 1.807) is 81.9 Å². The van der Waals surface area contributed by atoms with Crippen LogP contribution in [0.15, 0.2) is 0 Å². The van der Waals surface area contributed by atoms with Gasteiger partial charge in [-0.1, -0.05) is 13.8 Å². The molecule has 0 saturated carbocycles. The van der Waals surface area contributed by atoms with Gasteiger partial charge in [0.1, 0.15) is 11.2 Å². The average molecular weight is 745 g/mol. The van der Waals surface area contributed by atoms with Gasteiger partial charge in [0.25, 0.3) is 6.47 Å². The lowest BCUT2D eigenvalue weighted by Gasteiger charge is -2.19. The average Bonchev–Trinajstić information content (AvgIpc) is 3.00. The molecule has 0 aromatic carbocycles. The molecule has 49 heavy (non-hydrogen) atoms. The summed E-state index contributed by atoms with van der Waals surface area (Å²) in [5.41, 5.74) is 8.10. The molecule has 5 amide bonds. The summed E-state index contributed by atoms with van der Waals surface area (Å²) in [6, 6.07) is 0. The van der Waals surface area contributed by atoms with Crippen molar-refractivity contribution in [1.82, 2.24) is 26.1 Å². The molecule has 0 aliphatic carbocycles. The van der Waals surface area contributed by atoms with Crippen molar-refractivity contribution in [3.63, 3.8) is 0 Å². The van der Waals surface area contributed by atoms with Gasteiger partial charge in [-0.2, -0.15) is 34.5 Å². The lowest BCUT2D eigenvalue weighted by Crippen LogP contribution is -2.36. The normalized spacial score (nSPS) is 10.5. The number of carbonyl (C=O) groups excluding carboxylic acids is 6. The van der Waals surface area contributed by atoms with Crippen LogP contribution in [-0.2, 0) is 43.1 Å². The van der Waals surface area contributed by atoms with Crippen LogP contribution in [-0.4, -0.2) is 134 Å². The van der Waals surface area contributed by atoms with Gasteiger partial charge < -0.3 is 35.1 Å². The molecule has 288 valence electrons. The second-order valence-electron chi connectivity index (χ2n) is 11.7. The number of nitrogens with zero attached hydrogens (tertiary/aromatic N) is 2. The van der Waals surface area contributed by atoms with Crippen molar-refractivity contribution in [3.05, 3.63) is 0 Å². The van der Waals surface area contributed by atoms with Crippen LogP contribution in [0.4, 0.5) is 9.59 Å². The maximum absolute atomic E-state index is 11.5. The number of nitrogens with one attached hydrogen (secondary N) is 3. The van der Waals surface area contributed by atoms with E-state index in [9.17, 15) is 28.8 Å². The zero-order valence-electron chi connectivity index (χ0n) is 30.8. The van der Waals surface area contributed by atoms with E-state index in [4.69, 9.17) is 20.0 Å². The molecule has 0 aliphatic rings. The Morgan fingerprint density at radius 3 is 1.59 bits per heavy atom. The highest BCUT2D eigenvalue weighted by Gasteiger charge is 2.17. The Labute approximate surface area is 300 Å². The number of carbonyl (C=O) groups is 6. The zero-order chi connectivity index (χ0) is 38.3. The fraction of sp³-hybridized carbons (Fsp3) is 0.800. The minimum atomic E-state index is -0.739. The van der Waals surface area contributed by atoms with Crippen LogP contribution >= 0.6 is 23.5 Å². The summed E-state index contributed by atoms with van der Waals surface area (Å²) in [6.45, 7) is 16.4. The van der Waals surface area contributed by atoms with Crippen LogP contribution in [0.3, 0.4) is 0 Å². The summed E-state index contributed by atoms with van der Waals surface area (Å²) in [5, 5.41) is 2.67. The topological polar surface area (TPSA) is 217 Å². The van der Waals surface area contributed by atoms with E-state index in [1.165, 1.54) is 0 Å². The van der Waals surface area contributed by atoms with Crippen molar-refractivity contribution in [2.24, 2.45) is 5.73 Å². The number of hydrogen-bond donors (Lipinski definition) is 4. The molecule has 0 rings (SSSR count). The van der Waals surface area contributed by atoms with Crippen molar-refractivity contribution >= 4 is 59.9 Å². The van der Waals surface area contributed by atoms with E-state index in [0.717, 1.165) is 36.1 Å². The third-order valence-corrected chi connectivity index (χ3v) is 6.90. The molecule has 17 nitrogen and oxygen atoms in total. The number of hydroxylamine groups is 2. The summed E-state index contributed by atoms with van der Waals surface area (Å²) in [6.07, 6.45) is -0.370. The second kappa shape index (κ2) is 31.0. The summed E-state index contributed by atoms with van der Waals surface area (Å²) < 4.78 is 13.9. The molecule has 0 saturated heterocycles. The lowest BCUT2D eigenvalue weighted by molar-refractivity contribution is -0.147. The van der Waals surface area contributed by atoms with Crippen molar-refractivity contribution in [2.75, 3.05) is 76.7 Å². The van der Waals surface area contributed by atoms with Gasteiger partial charge in [-0.25, -0.2) is 14.4 Å². The molecule has 0 aliphatic heterocycles. The molecule has 0 aromatic rings. The monoisotopic (exact) mass is 744 g/mol. The Morgan fingerprint density at radius 1 is 0.735 bits per heavy atom. The Kier molecular flexibility index (Phi) is 31.9. The molecule has 5 N–H and O–H groups in total. The van der Waals surface area contributed by atoms with Gasteiger partial charge in [-0.05, 0) is 41.5 Å². The third kappa shape index (κ3) is 39.3. The largest absolute Gasteiger partial charge is 0.442 e. The molecule has 0 radical (unpaired) electrons. The van der Waals surface area contributed by atoms with E-state index >= 15 is 0 Å². The van der Waals surface area contributed by atoms with Crippen molar-refractivity contribution in [1.29, 1.82) is 0 Å². The number of nitrogens with two attached hydrogens (primary N) is 1. The first-order valence-corrected chi connectivity index (χ1v) is 18.0. The van der Waals surface area contributed by atoms with Crippen molar-refractivity contribution in [3.8, 4) is 0 Å². The van der Waals surface area contributed by atoms with Gasteiger partial charge >= 0.3 is 12.2 Å². The Hall–Kier alpha value is -3.00. The first-order chi connectivity index (χ1) is 22.8. The van der Waals surface area contributed by atoms with E-state index in [-0.39, 0.29) is 37.6 Å². The van der Waals surface area contributed by atoms with Gasteiger partial charge in [0.05, 0.1) is 0 Å². The molecule has 0 heterocycles. The summed E-state index contributed by atoms with van der Waals surface area (Å²) in [5.74, 6) is 3.52. The highest BCUT2D eigenvalue weighted by Crippen LogP contribution is 2.07. The predicted molar refractivity (Wildman–Crippen MR) is 190 cm³/mol. The van der Waals surface area contributed by atoms with Crippen LogP contribution in [0, 0.1) is 0 Å². The van der Waals surface area contributed by atoms with E-state index in [0.29, 0.717) is 25.9 Å². The maximum atomic E-state index is 11.5. The van der Waals surface area contributed by atoms with Gasteiger partial charge in [0.2, 0.25) is 24.5 Å². The van der Waals surface area contributed by atoms with Crippen LogP contribution in [0.5, 0.6) is 0 Å². The number of ether oxygens (including phenoxy) is 3. The molecule has 0 fully saturated rings. The fourth-order valence-corrected chi connectivity index (χ4v) is 4.33. The molecule has 0 spiro atoms. The maximum Gasteiger partial charge on any atom is 0.431 e. The van der Waals surface area contributed by atoms with Crippen molar-refractivity contribution < 1.29 is 52.7 Å². The highest BCUT2D eigenvalue weighted by atomic mass is 32.2. The smallest absolute Gasteiger partial charge is 0.431 e. The first kappa shape index (κ1) is 50.4. The fourth-order valence-electron chi connectivity index (χ4n) is 2.70. The van der Waals surface area contributed by atoms with Crippen LogP contribution < -0.4 is 22.0 Å². The number of thioether (sulfide) groups is 2. The molecular formula is C30H60N6O11S2. The molecule has 19 heteroatoms. The molecule has 0 atom stereocenters. The standard InChI is InChI=1S/C15H29N3O5S.C8H18N2OS.C7H13NO5/c1-6-13(20)18(5)8-10-24-9-7-16-12(19)11-22-17-14(21)23-15(2,3)4;1-3-8(11)10(2)5-7-12-6-4-9;1-7(2,3)13-6(10)8-12-5-11-4-9/h6-11H2,1-5H3,(H,16,19)(H,17,21);3-7,9H2,1-2H3;4H,5H2,1-3H3,(H,8,10). The molecule has 0 aromatic heterocycles. The van der Waals surface area contributed by atoms with Gasteiger partial charge in [-0.3, -0.25) is 24.0 Å². The minimum Gasteiger partial charge on any atom is -0.442 e. The number of hydrogen-bond acceptors (Lipinski definition) is 14. The SMILES string of the molecule is CC(C)(C)OC(=O)NOCOC=O.CCC(=O)N(C)CCSCCN.CCC(=O)N(C)CCSCCNC(=O)CONC(=O)OC(C)(C)C. The molecule has 0 unspecified atom stereocenters. The van der Waals surface area contributed by atoms with E-state index < -0.39 is 23.4 Å². The quantitative estimate of drug-likeness (QED) is 0.0463. The van der Waals surface area contributed by atoms with Crippen LogP contribution in [0.2, 0.25) is 0 Å². The number of amides is 5. The second-order valence-corrected chi connectivity index (χ2v) is 14.2. The Balaban J connectivity index is -0.000000713. The number of rotatable bonds is 20. The summed E-state index contributed by atoms with van der Waals surface area (Å²) in [7, 11) is 3.62. The summed E-state index contributed by atoms with van der Waals surface area (Å²) >= 11 is 3.44. The zero-order valence-corrected chi connectivity index (χ0v) is 32.5. The van der Waals surface area contributed by atoms with Gasteiger partial charge in [-0.15, -0.1) is 0 Å². The summed E-state index contributed by atoms with van der Waals surface area (Å²) in [4.78, 5) is 78.3. The minimum absolute atomic E-state index is 0.124. The lowest BCUT2D eigenvalue weighted by atomic mass is 10.2. The van der Waals surface area contributed by atoms with Crippen LogP contribution in [0.25, 0.3) is 0 Å². The van der Waals surface area contributed by atoms with Crippen LogP contribution in [0.1, 0.15) is 68.2 Å². The first-order valence-electron chi connectivity index (χ1n) is 15.7. The highest BCUT2D eigenvalue weighted by molar-refractivity contribution is 7.99. The predicted octanol–water partition coefficient (Wildman–Crippen LogP) is 2.28. The molecular weight excluding hydrogens is 684 g/mol. The van der Waals surface area contributed by atoms with Crippen molar-refractivity contribution in [2.45, 2.75) is 79.4 Å². The molecule has 0 bridgehead atoms. The van der Waals surface area contributed by atoms with E-state index in [1.807, 2.05) is 31.9 Å².